The second-order valence-electron chi connectivity index (χ2n) is 2.95. The highest BCUT2D eigenvalue weighted by molar-refractivity contribution is 5.32. The Morgan fingerprint density at radius 2 is 2.14 bits per heavy atom. The Hall–Kier alpha value is -1.68. The van der Waals surface area contributed by atoms with Crippen LogP contribution in [0.5, 0.6) is 0 Å². The molecule has 2 aromatic rings. The summed E-state index contributed by atoms with van der Waals surface area (Å²) < 4.78 is 14.8. The summed E-state index contributed by atoms with van der Waals surface area (Å²) in [6.45, 7) is 0.411. The maximum Gasteiger partial charge on any atom is 0.148 e. The summed E-state index contributed by atoms with van der Waals surface area (Å²) in [5.41, 5.74) is 6.75. The molecule has 2 rings (SSSR count). The molecule has 0 aliphatic rings. The first-order chi connectivity index (χ1) is 6.81. The van der Waals surface area contributed by atoms with Gasteiger partial charge in [0.05, 0.1) is 6.20 Å². The average molecular weight is 191 g/mol. The van der Waals surface area contributed by atoms with Gasteiger partial charge in [-0.3, -0.25) is 0 Å². The molecule has 0 fully saturated rings. The van der Waals surface area contributed by atoms with Crippen molar-refractivity contribution in [1.82, 2.24) is 9.78 Å². The van der Waals surface area contributed by atoms with E-state index in [-0.39, 0.29) is 5.82 Å². The number of hydrogen-bond donors (Lipinski definition) is 1. The molecule has 72 valence electrons. The van der Waals surface area contributed by atoms with E-state index in [4.69, 9.17) is 5.73 Å². The Morgan fingerprint density at radius 1 is 1.36 bits per heavy atom. The highest BCUT2D eigenvalue weighted by Gasteiger charge is 2.04. The van der Waals surface area contributed by atoms with E-state index >= 15 is 0 Å². The van der Waals surface area contributed by atoms with E-state index in [0.29, 0.717) is 12.2 Å². The molecule has 0 spiro atoms. The molecule has 0 atom stereocenters. The second-order valence-corrected chi connectivity index (χ2v) is 2.95. The van der Waals surface area contributed by atoms with Crippen LogP contribution in [0.2, 0.25) is 0 Å². The zero-order valence-electron chi connectivity index (χ0n) is 7.52. The van der Waals surface area contributed by atoms with Crippen LogP contribution in [-0.4, -0.2) is 9.78 Å². The summed E-state index contributed by atoms with van der Waals surface area (Å²) in [5.74, 6) is -0.292. The fraction of sp³-hybridized carbons (Fsp3) is 0.100. The summed E-state index contributed by atoms with van der Waals surface area (Å²) in [4.78, 5) is 0. The summed E-state index contributed by atoms with van der Waals surface area (Å²) in [6, 6.07) is 6.48. The van der Waals surface area contributed by atoms with E-state index in [0.717, 1.165) is 5.56 Å². The van der Waals surface area contributed by atoms with Gasteiger partial charge in [0.2, 0.25) is 0 Å². The van der Waals surface area contributed by atoms with Crippen LogP contribution in [0.25, 0.3) is 5.69 Å². The molecule has 0 aliphatic heterocycles. The summed E-state index contributed by atoms with van der Waals surface area (Å²) in [6.07, 6.45) is 3.35. The smallest absolute Gasteiger partial charge is 0.148 e. The predicted octanol–water partition coefficient (Wildman–Crippen LogP) is 1.47. The molecule has 1 heterocycles. The van der Waals surface area contributed by atoms with Gasteiger partial charge in [0.25, 0.3) is 0 Å². The van der Waals surface area contributed by atoms with Crippen molar-refractivity contribution in [2.45, 2.75) is 6.54 Å². The summed E-state index contributed by atoms with van der Waals surface area (Å²) in [5, 5.41) is 4.01. The molecule has 1 aromatic heterocycles. The molecular formula is C10H10FN3. The van der Waals surface area contributed by atoms with Gasteiger partial charge in [0.15, 0.2) is 0 Å². The lowest BCUT2D eigenvalue weighted by Gasteiger charge is -2.01. The molecular weight excluding hydrogens is 181 g/mol. The van der Waals surface area contributed by atoms with Crippen molar-refractivity contribution in [1.29, 1.82) is 0 Å². The zero-order valence-corrected chi connectivity index (χ0v) is 7.52. The molecule has 0 bridgehead atoms. The molecule has 0 unspecified atom stereocenters. The number of hydrogen-bond acceptors (Lipinski definition) is 2. The minimum absolute atomic E-state index is 0.292. The Bertz CT molecular complexity index is 436. The molecule has 1 aromatic carbocycles. The van der Waals surface area contributed by atoms with Crippen molar-refractivity contribution in [3.05, 3.63) is 48.0 Å². The summed E-state index contributed by atoms with van der Waals surface area (Å²) in [7, 11) is 0. The minimum atomic E-state index is -0.292. The van der Waals surface area contributed by atoms with E-state index in [2.05, 4.69) is 5.10 Å². The number of nitrogens with zero attached hydrogens (tertiary/aromatic N) is 2. The van der Waals surface area contributed by atoms with Gasteiger partial charge in [-0.05, 0) is 12.1 Å². The largest absolute Gasteiger partial charge is 0.326 e. The molecule has 0 saturated heterocycles. The molecule has 3 nitrogen and oxygen atoms in total. The molecule has 0 amide bonds. The molecule has 14 heavy (non-hydrogen) atoms. The monoisotopic (exact) mass is 191 g/mol. The first-order valence-corrected chi connectivity index (χ1v) is 4.30. The fourth-order valence-electron chi connectivity index (χ4n) is 1.23. The Balaban J connectivity index is 2.44. The van der Waals surface area contributed by atoms with Crippen LogP contribution in [-0.2, 0) is 6.54 Å². The third-order valence-corrected chi connectivity index (χ3v) is 1.97. The van der Waals surface area contributed by atoms with E-state index < -0.39 is 0 Å². The number of aromatic nitrogens is 2. The van der Waals surface area contributed by atoms with Crippen LogP contribution in [0.4, 0.5) is 4.39 Å². The van der Waals surface area contributed by atoms with E-state index in [1.807, 2.05) is 0 Å². The van der Waals surface area contributed by atoms with Crippen LogP contribution < -0.4 is 5.73 Å². The molecule has 0 radical (unpaired) electrons. The lowest BCUT2D eigenvalue weighted by atomic mass is 10.3. The average Bonchev–Trinajstić information content (AvgIpc) is 2.67. The quantitative estimate of drug-likeness (QED) is 0.781. The van der Waals surface area contributed by atoms with Crippen LogP contribution in [0.1, 0.15) is 5.56 Å². The van der Waals surface area contributed by atoms with Crippen molar-refractivity contribution >= 4 is 0 Å². The Kier molecular flexibility index (Phi) is 2.28. The highest BCUT2D eigenvalue weighted by Crippen LogP contribution is 2.11. The molecule has 0 saturated carbocycles. The van der Waals surface area contributed by atoms with Crippen LogP contribution in [0, 0.1) is 5.82 Å². The lowest BCUT2D eigenvalue weighted by molar-refractivity contribution is 0.611. The Labute approximate surface area is 81.0 Å². The van der Waals surface area contributed by atoms with Crippen LogP contribution in [0.3, 0.4) is 0 Å². The maximum absolute atomic E-state index is 13.3. The Morgan fingerprint density at radius 3 is 2.79 bits per heavy atom. The topological polar surface area (TPSA) is 43.8 Å². The van der Waals surface area contributed by atoms with E-state index in [1.54, 1.807) is 30.6 Å². The van der Waals surface area contributed by atoms with Crippen LogP contribution in [0.15, 0.2) is 36.7 Å². The number of para-hydroxylation sites is 1. The number of nitrogens with two attached hydrogens (primary N) is 1. The van der Waals surface area contributed by atoms with Crippen molar-refractivity contribution in [3.8, 4) is 5.69 Å². The standard InChI is InChI=1S/C10H10FN3/c11-9-3-1-2-4-10(9)14-7-8(5-12)6-13-14/h1-4,6-7H,5,12H2. The third-order valence-electron chi connectivity index (χ3n) is 1.97. The van der Waals surface area contributed by atoms with E-state index in [1.165, 1.54) is 10.7 Å². The third kappa shape index (κ3) is 1.52. The molecule has 2 N–H and O–H groups in total. The molecule has 4 heteroatoms. The highest BCUT2D eigenvalue weighted by atomic mass is 19.1. The van der Waals surface area contributed by atoms with Gasteiger partial charge in [-0.25, -0.2) is 9.07 Å². The van der Waals surface area contributed by atoms with Crippen molar-refractivity contribution in [2.75, 3.05) is 0 Å². The first kappa shape index (κ1) is 8.90. The lowest BCUT2D eigenvalue weighted by Crippen LogP contribution is -1.98. The van der Waals surface area contributed by atoms with Gasteiger partial charge in [0, 0.05) is 18.3 Å². The van der Waals surface area contributed by atoms with Gasteiger partial charge < -0.3 is 5.73 Å². The van der Waals surface area contributed by atoms with Gasteiger partial charge in [0.1, 0.15) is 11.5 Å². The van der Waals surface area contributed by atoms with Gasteiger partial charge in [-0.2, -0.15) is 5.10 Å². The number of benzene rings is 1. The normalized spacial score (nSPS) is 10.4. The SMILES string of the molecule is NCc1cnn(-c2ccccc2F)c1. The second kappa shape index (κ2) is 3.59. The number of rotatable bonds is 2. The van der Waals surface area contributed by atoms with Gasteiger partial charge >= 0.3 is 0 Å². The number of halogens is 1. The van der Waals surface area contributed by atoms with Crippen molar-refractivity contribution < 1.29 is 4.39 Å². The van der Waals surface area contributed by atoms with E-state index in [9.17, 15) is 4.39 Å². The van der Waals surface area contributed by atoms with Gasteiger partial charge in [-0.1, -0.05) is 12.1 Å². The zero-order chi connectivity index (χ0) is 9.97. The minimum Gasteiger partial charge on any atom is -0.326 e. The van der Waals surface area contributed by atoms with Crippen molar-refractivity contribution in [3.63, 3.8) is 0 Å². The van der Waals surface area contributed by atoms with Crippen molar-refractivity contribution in [2.24, 2.45) is 5.73 Å². The summed E-state index contributed by atoms with van der Waals surface area (Å²) >= 11 is 0. The maximum atomic E-state index is 13.3. The first-order valence-electron chi connectivity index (χ1n) is 4.30. The molecule has 0 aliphatic carbocycles. The van der Waals surface area contributed by atoms with Crippen LogP contribution >= 0.6 is 0 Å². The fourth-order valence-corrected chi connectivity index (χ4v) is 1.23. The van der Waals surface area contributed by atoms with Gasteiger partial charge in [-0.15, -0.1) is 0 Å². The predicted molar refractivity (Wildman–Crippen MR) is 51.4 cm³/mol.